The first-order valence-corrected chi connectivity index (χ1v) is 6.74. The first kappa shape index (κ1) is 12.9. The zero-order chi connectivity index (χ0) is 13.0. The predicted molar refractivity (Wildman–Crippen MR) is 71.9 cm³/mol. The van der Waals surface area contributed by atoms with Gasteiger partial charge in [-0.15, -0.1) is 11.8 Å². The van der Waals surface area contributed by atoms with E-state index in [0.29, 0.717) is 0 Å². The zero-order valence-electron chi connectivity index (χ0n) is 9.91. The Hall–Kier alpha value is -1.55. The van der Waals surface area contributed by atoms with Gasteiger partial charge in [0.25, 0.3) is 0 Å². The second-order valence-corrected chi connectivity index (χ2v) is 4.66. The number of rotatable bonds is 4. The molecule has 2 aromatic carbocycles. The van der Waals surface area contributed by atoms with Crippen LogP contribution in [0.4, 0.5) is 14.5 Å². The topological polar surface area (TPSA) is 12.0 Å². The van der Waals surface area contributed by atoms with Gasteiger partial charge in [0, 0.05) is 22.7 Å². The number of thioether (sulfide) groups is 1. The fourth-order valence-corrected chi connectivity index (χ4v) is 2.01. The van der Waals surface area contributed by atoms with Crippen molar-refractivity contribution in [2.45, 2.75) is 11.4 Å². The molecule has 0 fully saturated rings. The van der Waals surface area contributed by atoms with Crippen LogP contribution in [-0.2, 0) is 6.54 Å². The van der Waals surface area contributed by atoms with Gasteiger partial charge in [-0.3, -0.25) is 0 Å². The van der Waals surface area contributed by atoms with Crippen LogP contribution in [0.2, 0.25) is 0 Å². The smallest absolute Gasteiger partial charge is 0.131 e. The van der Waals surface area contributed by atoms with Crippen molar-refractivity contribution < 1.29 is 8.78 Å². The standard InChI is InChI=1S/C14H13F2NS/c1-18-11-7-5-10(6-8-11)17-9-12-13(15)3-2-4-14(12)16/h2-8,17H,9H2,1H3. The number of nitrogens with one attached hydrogen (secondary N) is 1. The fraction of sp³-hybridized carbons (Fsp3) is 0.143. The Morgan fingerprint density at radius 3 is 2.17 bits per heavy atom. The van der Waals surface area contributed by atoms with Crippen LogP contribution >= 0.6 is 11.8 Å². The first-order chi connectivity index (χ1) is 8.70. The van der Waals surface area contributed by atoms with Gasteiger partial charge in [-0.25, -0.2) is 8.78 Å². The minimum Gasteiger partial charge on any atom is -0.381 e. The highest BCUT2D eigenvalue weighted by atomic mass is 32.2. The molecule has 0 aliphatic rings. The van der Waals surface area contributed by atoms with Crippen LogP contribution < -0.4 is 5.32 Å². The summed E-state index contributed by atoms with van der Waals surface area (Å²) in [6.45, 7) is 0.136. The van der Waals surface area contributed by atoms with Crippen molar-refractivity contribution in [3.8, 4) is 0 Å². The minimum absolute atomic E-state index is 0.0615. The lowest BCUT2D eigenvalue weighted by Gasteiger charge is -2.08. The van der Waals surface area contributed by atoms with Crippen molar-refractivity contribution in [1.82, 2.24) is 0 Å². The molecule has 18 heavy (non-hydrogen) atoms. The maximum Gasteiger partial charge on any atom is 0.131 e. The minimum atomic E-state index is -0.525. The molecule has 1 N–H and O–H groups in total. The molecule has 0 heterocycles. The molecule has 0 saturated heterocycles. The number of benzene rings is 2. The lowest BCUT2D eigenvalue weighted by atomic mass is 10.2. The highest BCUT2D eigenvalue weighted by molar-refractivity contribution is 7.98. The summed E-state index contributed by atoms with van der Waals surface area (Å²) >= 11 is 1.65. The van der Waals surface area contributed by atoms with Gasteiger partial charge in [0.15, 0.2) is 0 Å². The van der Waals surface area contributed by atoms with Crippen LogP contribution in [0.3, 0.4) is 0 Å². The van der Waals surface area contributed by atoms with E-state index in [1.807, 2.05) is 30.5 Å². The summed E-state index contributed by atoms with van der Waals surface area (Å²) in [5.41, 5.74) is 0.905. The van der Waals surface area contributed by atoms with E-state index in [0.717, 1.165) is 10.6 Å². The summed E-state index contributed by atoms with van der Waals surface area (Å²) in [6.07, 6.45) is 2.00. The van der Waals surface area contributed by atoms with Crippen molar-refractivity contribution in [2.24, 2.45) is 0 Å². The molecule has 94 valence electrons. The summed E-state index contributed by atoms with van der Waals surface area (Å²) in [5, 5.41) is 3.00. The predicted octanol–water partition coefficient (Wildman–Crippen LogP) is 4.30. The summed E-state index contributed by atoms with van der Waals surface area (Å²) < 4.78 is 26.8. The third kappa shape index (κ3) is 3.01. The van der Waals surface area contributed by atoms with Gasteiger partial charge in [-0.05, 0) is 42.7 Å². The molecule has 0 saturated carbocycles. The van der Waals surface area contributed by atoms with Crippen molar-refractivity contribution in [3.63, 3.8) is 0 Å². The highest BCUT2D eigenvalue weighted by Crippen LogP contribution is 2.19. The maximum absolute atomic E-state index is 13.4. The molecular weight excluding hydrogens is 252 g/mol. The van der Waals surface area contributed by atoms with E-state index < -0.39 is 11.6 Å². The molecule has 0 aliphatic heterocycles. The Labute approximate surface area is 109 Å². The molecule has 4 heteroatoms. The molecule has 0 atom stereocenters. The van der Waals surface area contributed by atoms with Gasteiger partial charge >= 0.3 is 0 Å². The van der Waals surface area contributed by atoms with Gasteiger partial charge < -0.3 is 5.32 Å². The molecule has 0 unspecified atom stereocenters. The molecule has 2 rings (SSSR count). The molecule has 2 aromatic rings. The molecule has 0 aromatic heterocycles. The molecular formula is C14H13F2NS. The average molecular weight is 265 g/mol. The third-order valence-corrected chi connectivity index (χ3v) is 3.36. The van der Waals surface area contributed by atoms with Crippen LogP contribution in [0.15, 0.2) is 47.4 Å². The van der Waals surface area contributed by atoms with E-state index in [1.165, 1.54) is 18.2 Å². The summed E-state index contributed by atoms with van der Waals surface area (Å²) in [4.78, 5) is 1.15. The summed E-state index contributed by atoms with van der Waals surface area (Å²) in [6, 6.07) is 11.6. The van der Waals surface area contributed by atoms with Gasteiger partial charge in [-0.2, -0.15) is 0 Å². The van der Waals surface area contributed by atoms with Gasteiger partial charge in [0.05, 0.1) is 0 Å². The average Bonchev–Trinajstić information content (AvgIpc) is 2.39. The monoisotopic (exact) mass is 265 g/mol. The number of halogens is 2. The zero-order valence-corrected chi connectivity index (χ0v) is 10.7. The lowest BCUT2D eigenvalue weighted by Crippen LogP contribution is -2.04. The molecule has 0 radical (unpaired) electrons. The summed E-state index contributed by atoms with van der Waals surface area (Å²) in [5.74, 6) is -1.05. The molecule has 0 aliphatic carbocycles. The largest absolute Gasteiger partial charge is 0.381 e. The van der Waals surface area contributed by atoms with Crippen LogP contribution in [0.5, 0.6) is 0 Å². The Bertz CT molecular complexity index is 506. The molecule has 0 amide bonds. The van der Waals surface area contributed by atoms with Crippen molar-refractivity contribution in [1.29, 1.82) is 0 Å². The van der Waals surface area contributed by atoms with Crippen molar-refractivity contribution in [2.75, 3.05) is 11.6 Å². The fourth-order valence-electron chi connectivity index (χ4n) is 1.60. The Morgan fingerprint density at radius 2 is 1.61 bits per heavy atom. The second kappa shape index (κ2) is 5.87. The molecule has 0 spiro atoms. The number of hydrogen-bond donors (Lipinski definition) is 1. The Kier molecular flexibility index (Phi) is 4.20. The van der Waals surface area contributed by atoms with Crippen LogP contribution in [-0.4, -0.2) is 6.26 Å². The Balaban J connectivity index is 2.06. The SMILES string of the molecule is CSc1ccc(NCc2c(F)cccc2F)cc1. The first-order valence-electron chi connectivity index (χ1n) is 5.51. The van der Waals surface area contributed by atoms with Crippen molar-refractivity contribution >= 4 is 17.4 Å². The van der Waals surface area contributed by atoms with Crippen LogP contribution in [0, 0.1) is 11.6 Å². The van der Waals surface area contributed by atoms with Crippen molar-refractivity contribution in [3.05, 3.63) is 59.7 Å². The van der Waals surface area contributed by atoms with E-state index in [2.05, 4.69) is 5.32 Å². The number of anilines is 1. The van der Waals surface area contributed by atoms with E-state index in [9.17, 15) is 8.78 Å². The van der Waals surface area contributed by atoms with Gasteiger partial charge in [-0.1, -0.05) is 6.07 Å². The number of hydrogen-bond acceptors (Lipinski definition) is 2. The highest BCUT2D eigenvalue weighted by Gasteiger charge is 2.07. The normalized spacial score (nSPS) is 10.4. The Morgan fingerprint density at radius 1 is 1.00 bits per heavy atom. The van der Waals surface area contributed by atoms with E-state index in [-0.39, 0.29) is 12.1 Å². The van der Waals surface area contributed by atoms with Crippen LogP contribution in [0.25, 0.3) is 0 Å². The maximum atomic E-state index is 13.4. The van der Waals surface area contributed by atoms with E-state index >= 15 is 0 Å². The van der Waals surface area contributed by atoms with Crippen LogP contribution in [0.1, 0.15) is 5.56 Å². The van der Waals surface area contributed by atoms with Gasteiger partial charge in [0.1, 0.15) is 11.6 Å². The quantitative estimate of drug-likeness (QED) is 0.827. The van der Waals surface area contributed by atoms with E-state index in [1.54, 1.807) is 11.8 Å². The lowest BCUT2D eigenvalue weighted by molar-refractivity contribution is 0.560. The molecule has 1 nitrogen and oxygen atoms in total. The van der Waals surface area contributed by atoms with Gasteiger partial charge in [0.2, 0.25) is 0 Å². The molecule has 0 bridgehead atoms. The van der Waals surface area contributed by atoms with E-state index in [4.69, 9.17) is 0 Å². The second-order valence-electron chi connectivity index (χ2n) is 3.78. The summed E-state index contributed by atoms with van der Waals surface area (Å²) in [7, 11) is 0. The third-order valence-electron chi connectivity index (χ3n) is 2.62.